The number of aliphatic hydroxyl groups is 1. The van der Waals surface area contributed by atoms with Gasteiger partial charge in [-0.05, 0) is 50.5 Å². The summed E-state index contributed by atoms with van der Waals surface area (Å²) in [5.74, 6) is 0.787. The zero-order chi connectivity index (χ0) is 18.8. The SMILES string of the molecule is CCn1c(=O)n(C(CCCCO)c2nc3ccccc3[nH]2)c2ccccc21. The van der Waals surface area contributed by atoms with Gasteiger partial charge in [0.2, 0.25) is 0 Å². The number of fused-ring (bicyclic) bond motifs is 2. The van der Waals surface area contributed by atoms with Crippen molar-refractivity contribution in [2.75, 3.05) is 6.61 Å². The molecule has 0 saturated carbocycles. The van der Waals surface area contributed by atoms with Gasteiger partial charge in [0.25, 0.3) is 0 Å². The first-order valence-corrected chi connectivity index (χ1v) is 9.50. The molecule has 2 heterocycles. The van der Waals surface area contributed by atoms with Gasteiger partial charge in [0, 0.05) is 13.2 Å². The second-order valence-electron chi connectivity index (χ2n) is 6.76. The second-order valence-corrected chi connectivity index (χ2v) is 6.76. The molecule has 140 valence electrons. The Labute approximate surface area is 157 Å². The molecule has 0 aliphatic rings. The van der Waals surface area contributed by atoms with Crippen LogP contribution in [0, 0.1) is 0 Å². The Morgan fingerprint density at radius 2 is 1.81 bits per heavy atom. The van der Waals surface area contributed by atoms with E-state index in [4.69, 9.17) is 4.98 Å². The summed E-state index contributed by atoms with van der Waals surface area (Å²) in [5.41, 5.74) is 3.69. The predicted molar refractivity (Wildman–Crippen MR) is 107 cm³/mol. The van der Waals surface area contributed by atoms with Gasteiger partial charge in [-0.2, -0.15) is 0 Å². The number of para-hydroxylation sites is 4. The van der Waals surface area contributed by atoms with Crippen molar-refractivity contribution >= 4 is 22.1 Å². The van der Waals surface area contributed by atoms with Crippen molar-refractivity contribution in [3.05, 3.63) is 64.8 Å². The average molecular weight is 364 g/mol. The van der Waals surface area contributed by atoms with E-state index in [0.29, 0.717) is 13.0 Å². The molecular formula is C21H24N4O2. The molecule has 0 bridgehead atoms. The fourth-order valence-electron chi connectivity index (χ4n) is 3.81. The Morgan fingerprint density at radius 1 is 1.07 bits per heavy atom. The summed E-state index contributed by atoms with van der Waals surface area (Å²) in [6, 6.07) is 15.6. The van der Waals surface area contributed by atoms with Crippen LogP contribution < -0.4 is 5.69 Å². The highest BCUT2D eigenvalue weighted by Crippen LogP contribution is 2.27. The maximum Gasteiger partial charge on any atom is 0.329 e. The number of imidazole rings is 2. The molecule has 27 heavy (non-hydrogen) atoms. The smallest absolute Gasteiger partial charge is 0.329 e. The van der Waals surface area contributed by atoms with Crippen LogP contribution in [0.3, 0.4) is 0 Å². The Morgan fingerprint density at radius 3 is 2.56 bits per heavy atom. The molecule has 0 saturated heterocycles. The highest BCUT2D eigenvalue weighted by molar-refractivity contribution is 5.77. The lowest BCUT2D eigenvalue weighted by Crippen LogP contribution is -2.28. The van der Waals surface area contributed by atoms with E-state index in [9.17, 15) is 9.90 Å². The quantitative estimate of drug-likeness (QED) is 0.493. The summed E-state index contributed by atoms with van der Waals surface area (Å²) < 4.78 is 3.66. The molecule has 4 aromatic rings. The van der Waals surface area contributed by atoms with Crippen molar-refractivity contribution in [3.8, 4) is 0 Å². The van der Waals surface area contributed by atoms with Crippen LogP contribution in [0.4, 0.5) is 0 Å². The van der Waals surface area contributed by atoms with Gasteiger partial charge in [-0.3, -0.25) is 9.13 Å². The van der Waals surface area contributed by atoms with E-state index in [1.54, 1.807) is 4.57 Å². The van der Waals surface area contributed by atoms with Gasteiger partial charge in [-0.1, -0.05) is 24.3 Å². The number of aliphatic hydroxyl groups excluding tert-OH is 1. The number of aryl methyl sites for hydroxylation is 1. The summed E-state index contributed by atoms with van der Waals surface area (Å²) in [7, 11) is 0. The zero-order valence-corrected chi connectivity index (χ0v) is 15.4. The van der Waals surface area contributed by atoms with Gasteiger partial charge in [-0.15, -0.1) is 0 Å². The third-order valence-corrected chi connectivity index (χ3v) is 5.11. The maximum atomic E-state index is 13.2. The molecule has 1 atom stereocenters. The minimum Gasteiger partial charge on any atom is -0.396 e. The maximum absolute atomic E-state index is 13.2. The average Bonchev–Trinajstić information content (AvgIpc) is 3.24. The number of hydrogen-bond donors (Lipinski definition) is 2. The van der Waals surface area contributed by atoms with Gasteiger partial charge in [-0.25, -0.2) is 9.78 Å². The summed E-state index contributed by atoms with van der Waals surface area (Å²) in [6.45, 7) is 2.76. The predicted octanol–water partition coefficient (Wildman–Crippen LogP) is 3.45. The van der Waals surface area contributed by atoms with E-state index >= 15 is 0 Å². The largest absolute Gasteiger partial charge is 0.396 e. The second kappa shape index (κ2) is 7.40. The topological polar surface area (TPSA) is 75.8 Å². The number of rotatable bonds is 7. The molecule has 2 aromatic heterocycles. The zero-order valence-electron chi connectivity index (χ0n) is 15.4. The number of nitrogens with zero attached hydrogens (tertiary/aromatic N) is 3. The Bertz CT molecular complexity index is 1090. The summed E-state index contributed by atoms with van der Waals surface area (Å²) >= 11 is 0. The van der Waals surface area contributed by atoms with Crippen LogP contribution in [-0.2, 0) is 6.54 Å². The summed E-state index contributed by atoms with van der Waals surface area (Å²) in [5, 5.41) is 9.21. The third kappa shape index (κ3) is 3.06. The van der Waals surface area contributed by atoms with E-state index in [2.05, 4.69) is 4.98 Å². The fraction of sp³-hybridized carbons (Fsp3) is 0.333. The summed E-state index contributed by atoms with van der Waals surface area (Å²) in [6.07, 6.45) is 2.26. The van der Waals surface area contributed by atoms with Crippen molar-refractivity contribution in [1.29, 1.82) is 0 Å². The molecule has 0 aliphatic carbocycles. The van der Waals surface area contributed by atoms with Crippen LogP contribution >= 0.6 is 0 Å². The number of benzene rings is 2. The van der Waals surface area contributed by atoms with Crippen molar-refractivity contribution in [1.82, 2.24) is 19.1 Å². The van der Waals surface area contributed by atoms with E-state index < -0.39 is 0 Å². The standard InChI is InChI=1S/C21H24N4O2/c1-2-24-17-11-5-6-12-18(17)25(21(24)27)19(13-7-8-14-26)20-22-15-9-3-4-10-16(15)23-20/h3-6,9-12,19,26H,2,7-8,13-14H2,1H3,(H,22,23). The number of aromatic nitrogens is 4. The molecule has 0 fully saturated rings. The monoisotopic (exact) mass is 364 g/mol. The van der Waals surface area contributed by atoms with Crippen LogP contribution in [0.1, 0.15) is 38.1 Å². The highest BCUT2D eigenvalue weighted by Gasteiger charge is 2.23. The molecule has 0 spiro atoms. The van der Waals surface area contributed by atoms with E-state index in [0.717, 1.165) is 40.7 Å². The lowest BCUT2D eigenvalue weighted by Gasteiger charge is -2.16. The van der Waals surface area contributed by atoms with Gasteiger partial charge in [0.1, 0.15) is 5.82 Å². The molecule has 2 N–H and O–H groups in total. The number of hydrogen-bond acceptors (Lipinski definition) is 3. The fourth-order valence-corrected chi connectivity index (χ4v) is 3.81. The lowest BCUT2D eigenvalue weighted by molar-refractivity contribution is 0.279. The molecule has 4 rings (SSSR count). The first-order valence-electron chi connectivity index (χ1n) is 9.50. The minimum atomic E-state index is -0.200. The number of unbranched alkanes of at least 4 members (excludes halogenated alkanes) is 1. The number of H-pyrrole nitrogens is 1. The Hall–Kier alpha value is -2.86. The van der Waals surface area contributed by atoms with Crippen molar-refractivity contribution < 1.29 is 5.11 Å². The molecule has 6 nitrogen and oxygen atoms in total. The van der Waals surface area contributed by atoms with Crippen LogP contribution in [0.15, 0.2) is 53.3 Å². The lowest BCUT2D eigenvalue weighted by atomic mass is 10.1. The first kappa shape index (κ1) is 17.5. The Kier molecular flexibility index (Phi) is 4.81. The van der Waals surface area contributed by atoms with E-state index in [1.165, 1.54) is 0 Å². The highest BCUT2D eigenvalue weighted by atomic mass is 16.2. The molecule has 0 aliphatic heterocycles. The molecule has 2 aromatic carbocycles. The van der Waals surface area contributed by atoms with Crippen molar-refractivity contribution in [2.45, 2.75) is 38.8 Å². The molecule has 6 heteroatoms. The normalized spacial score (nSPS) is 12.8. The van der Waals surface area contributed by atoms with Gasteiger partial charge in [0.15, 0.2) is 0 Å². The Balaban J connectivity index is 1.90. The number of aromatic amines is 1. The van der Waals surface area contributed by atoms with E-state index in [-0.39, 0.29) is 18.3 Å². The van der Waals surface area contributed by atoms with Crippen molar-refractivity contribution in [2.24, 2.45) is 0 Å². The van der Waals surface area contributed by atoms with Crippen LogP contribution in [0.25, 0.3) is 22.1 Å². The van der Waals surface area contributed by atoms with Gasteiger partial charge < -0.3 is 10.1 Å². The van der Waals surface area contributed by atoms with Crippen LogP contribution in [0.2, 0.25) is 0 Å². The van der Waals surface area contributed by atoms with Crippen LogP contribution in [0.5, 0.6) is 0 Å². The minimum absolute atomic E-state index is 0.0202. The molecule has 1 unspecified atom stereocenters. The first-order chi connectivity index (χ1) is 13.2. The van der Waals surface area contributed by atoms with Gasteiger partial charge in [0.05, 0.1) is 28.1 Å². The van der Waals surface area contributed by atoms with Gasteiger partial charge >= 0.3 is 5.69 Å². The van der Waals surface area contributed by atoms with E-state index in [1.807, 2.05) is 60.0 Å². The summed E-state index contributed by atoms with van der Waals surface area (Å²) in [4.78, 5) is 21.4. The van der Waals surface area contributed by atoms with Crippen LogP contribution in [-0.4, -0.2) is 30.8 Å². The number of nitrogens with one attached hydrogen (secondary N) is 1. The molecule has 0 amide bonds. The molecule has 0 radical (unpaired) electrons. The third-order valence-electron chi connectivity index (χ3n) is 5.11. The van der Waals surface area contributed by atoms with Crippen molar-refractivity contribution in [3.63, 3.8) is 0 Å². The molecular weight excluding hydrogens is 340 g/mol.